The highest BCUT2D eigenvalue weighted by Gasteiger charge is 2.24. The third-order valence-corrected chi connectivity index (χ3v) is 4.50. The molecule has 2 aromatic heterocycles. The predicted octanol–water partition coefficient (Wildman–Crippen LogP) is 1.51. The molecule has 0 saturated carbocycles. The van der Waals surface area contributed by atoms with Crippen molar-refractivity contribution in [2.75, 3.05) is 13.6 Å². The van der Waals surface area contributed by atoms with Gasteiger partial charge in [-0.2, -0.15) is 5.10 Å². The number of carbonyl (C=O) groups is 1. The molecule has 8 heteroatoms. The molecule has 21 heavy (non-hydrogen) atoms. The summed E-state index contributed by atoms with van der Waals surface area (Å²) < 4.78 is 0. The van der Waals surface area contributed by atoms with E-state index in [-0.39, 0.29) is 18.3 Å². The van der Waals surface area contributed by atoms with E-state index in [9.17, 15) is 4.79 Å². The fourth-order valence-corrected chi connectivity index (χ4v) is 3.18. The second-order valence-electron chi connectivity index (χ2n) is 4.98. The van der Waals surface area contributed by atoms with E-state index in [1.54, 1.807) is 23.3 Å². The zero-order valence-corrected chi connectivity index (χ0v) is 13.6. The van der Waals surface area contributed by atoms with E-state index < -0.39 is 0 Å². The molecule has 2 aromatic rings. The average Bonchev–Trinajstić information content (AvgIpc) is 3.05. The zero-order chi connectivity index (χ0) is 14.1. The number of aromatic amines is 1. The number of halogens is 1. The van der Waals surface area contributed by atoms with Gasteiger partial charge < -0.3 is 10.2 Å². The van der Waals surface area contributed by atoms with Gasteiger partial charge in [0.2, 0.25) is 0 Å². The molecule has 0 bridgehead atoms. The van der Waals surface area contributed by atoms with Crippen LogP contribution in [-0.2, 0) is 19.5 Å². The van der Waals surface area contributed by atoms with Crippen LogP contribution in [0.4, 0.5) is 0 Å². The fourth-order valence-electron chi connectivity index (χ4n) is 2.35. The standard InChI is InChI=1S/C13H17N5OS.ClH/c1-8-11(20-7-15-8)6-18(2)13(19)12-9-5-14-4-3-10(9)16-17-12;/h7,14H,3-6H2,1-2H3,(H,16,17);1H. The monoisotopic (exact) mass is 327 g/mol. The summed E-state index contributed by atoms with van der Waals surface area (Å²) in [5.41, 5.74) is 5.42. The smallest absolute Gasteiger partial charge is 0.274 e. The van der Waals surface area contributed by atoms with Gasteiger partial charge in [-0.3, -0.25) is 9.89 Å². The van der Waals surface area contributed by atoms with E-state index >= 15 is 0 Å². The van der Waals surface area contributed by atoms with Gasteiger partial charge in [0.25, 0.3) is 5.91 Å². The molecule has 2 N–H and O–H groups in total. The lowest BCUT2D eigenvalue weighted by atomic mass is 10.1. The topological polar surface area (TPSA) is 73.9 Å². The van der Waals surface area contributed by atoms with Gasteiger partial charge in [-0.25, -0.2) is 4.98 Å². The van der Waals surface area contributed by atoms with Gasteiger partial charge in [-0.1, -0.05) is 0 Å². The van der Waals surface area contributed by atoms with Gasteiger partial charge in [0.15, 0.2) is 5.69 Å². The molecule has 0 fully saturated rings. The number of carbonyl (C=O) groups excluding carboxylic acids is 1. The van der Waals surface area contributed by atoms with Crippen molar-refractivity contribution in [2.24, 2.45) is 0 Å². The van der Waals surface area contributed by atoms with Gasteiger partial charge >= 0.3 is 0 Å². The summed E-state index contributed by atoms with van der Waals surface area (Å²) in [7, 11) is 1.80. The van der Waals surface area contributed by atoms with Crippen LogP contribution in [0.25, 0.3) is 0 Å². The highest BCUT2D eigenvalue weighted by atomic mass is 35.5. The Hall–Kier alpha value is -1.44. The summed E-state index contributed by atoms with van der Waals surface area (Å²) in [6.07, 6.45) is 0.896. The second-order valence-corrected chi connectivity index (χ2v) is 5.92. The Balaban J connectivity index is 0.00000161. The first-order chi connectivity index (χ1) is 9.66. The van der Waals surface area contributed by atoms with E-state index in [1.165, 1.54) is 0 Å². The molecule has 0 aromatic carbocycles. The van der Waals surface area contributed by atoms with E-state index in [1.807, 2.05) is 12.4 Å². The minimum Gasteiger partial charge on any atom is -0.335 e. The molecule has 0 spiro atoms. The van der Waals surface area contributed by atoms with Gasteiger partial charge in [0, 0.05) is 42.7 Å². The van der Waals surface area contributed by atoms with Crippen molar-refractivity contribution < 1.29 is 4.79 Å². The summed E-state index contributed by atoms with van der Waals surface area (Å²) in [5.74, 6) is -0.0426. The first-order valence-corrected chi connectivity index (χ1v) is 7.46. The summed E-state index contributed by atoms with van der Waals surface area (Å²) in [6, 6.07) is 0. The maximum Gasteiger partial charge on any atom is 0.274 e. The predicted molar refractivity (Wildman–Crippen MR) is 83.9 cm³/mol. The van der Waals surface area contributed by atoms with Crippen molar-refractivity contribution in [1.82, 2.24) is 25.4 Å². The minimum atomic E-state index is -0.0426. The first-order valence-electron chi connectivity index (χ1n) is 6.58. The second kappa shape index (κ2) is 6.55. The molecule has 6 nitrogen and oxygen atoms in total. The number of amides is 1. The number of nitrogens with zero attached hydrogens (tertiary/aromatic N) is 3. The number of fused-ring (bicyclic) bond motifs is 1. The van der Waals surface area contributed by atoms with Crippen molar-refractivity contribution in [1.29, 1.82) is 0 Å². The molecule has 1 aliphatic rings. The molecular weight excluding hydrogens is 310 g/mol. The van der Waals surface area contributed by atoms with Crippen LogP contribution in [0, 0.1) is 6.92 Å². The van der Waals surface area contributed by atoms with Crippen LogP contribution in [0.2, 0.25) is 0 Å². The van der Waals surface area contributed by atoms with Crippen molar-refractivity contribution in [2.45, 2.75) is 26.4 Å². The van der Waals surface area contributed by atoms with Crippen LogP contribution >= 0.6 is 23.7 Å². The Labute approximate surface area is 133 Å². The van der Waals surface area contributed by atoms with E-state index in [2.05, 4.69) is 20.5 Å². The highest BCUT2D eigenvalue weighted by Crippen LogP contribution is 2.19. The molecule has 0 aliphatic carbocycles. The Morgan fingerprint density at radius 1 is 1.52 bits per heavy atom. The number of thiazole rings is 1. The zero-order valence-electron chi connectivity index (χ0n) is 12.0. The number of hydrogen-bond donors (Lipinski definition) is 2. The van der Waals surface area contributed by atoms with Crippen LogP contribution in [0.15, 0.2) is 5.51 Å². The lowest BCUT2D eigenvalue weighted by molar-refractivity contribution is 0.0779. The summed E-state index contributed by atoms with van der Waals surface area (Å²) in [5, 5.41) is 10.5. The van der Waals surface area contributed by atoms with Crippen molar-refractivity contribution in [3.63, 3.8) is 0 Å². The normalized spacial score (nSPS) is 13.4. The van der Waals surface area contributed by atoms with Crippen molar-refractivity contribution >= 4 is 29.7 Å². The van der Waals surface area contributed by atoms with Gasteiger partial charge in [-0.15, -0.1) is 23.7 Å². The lowest BCUT2D eigenvalue weighted by Gasteiger charge is -2.17. The number of rotatable bonds is 3. The first kappa shape index (κ1) is 15.9. The molecule has 114 valence electrons. The molecule has 0 radical (unpaired) electrons. The number of nitrogens with one attached hydrogen (secondary N) is 2. The van der Waals surface area contributed by atoms with Crippen LogP contribution < -0.4 is 5.32 Å². The SMILES string of the molecule is Cc1ncsc1CN(C)C(=O)c1n[nH]c2c1CNCC2.Cl. The fraction of sp³-hybridized carbons (Fsp3) is 0.462. The Morgan fingerprint density at radius 3 is 3.05 bits per heavy atom. The van der Waals surface area contributed by atoms with Crippen LogP contribution in [0.5, 0.6) is 0 Å². The molecule has 0 unspecified atom stereocenters. The van der Waals surface area contributed by atoms with Crippen LogP contribution in [-0.4, -0.2) is 39.6 Å². The largest absolute Gasteiger partial charge is 0.335 e. The van der Waals surface area contributed by atoms with Crippen LogP contribution in [0.3, 0.4) is 0 Å². The number of hydrogen-bond acceptors (Lipinski definition) is 5. The van der Waals surface area contributed by atoms with Crippen molar-refractivity contribution in [3.8, 4) is 0 Å². The third kappa shape index (κ3) is 3.09. The molecule has 1 amide bonds. The van der Waals surface area contributed by atoms with E-state index in [0.29, 0.717) is 18.8 Å². The van der Waals surface area contributed by atoms with Gasteiger partial charge in [0.1, 0.15) is 0 Å². The quantitative estimate of drug-likeness (QED) is 0.896. The Morgan fingerprint density at radius 2 is 2.33 bits per heavy atom. The van der Waals surface area contributed by atoms with E-state index in [0.717, 1.165) is 34.8 Å². The van der Waals surface area contributed by atoms with Gasteiger partial charge in [0.05, 0.1) is 17.7 Å². The molecule has 3 heterocycles. The number of H-pyrrole nitrogens is 1. The Bertz CT molecular complexity index is 638. The summed E-state index contributed by atoms with van der Waals surface area (Å²) >= 11 is 1.58. The molecular formula is C13H18ClN5OS. The maximum atomic E-state index is 12.5. The highest BCUT2D eigenvalue weighted by molar-refractivity contribution is 7.09. The maximum absolute atomic E-state index is 12.5. The lowest BCUT2D eigenvalue weighted by Crippen LogP contribution is -2.29. The molecule has 0 atom stereocenters. The Kier molecular flexibility index (Phi) is 4.97. The van der Waals surface area contributed by atoms with E-state index in [4.69, 9.17) is 0 Å². The molecule has 3 rings (SSSR count). The van der Waals surface area contributed by atoms with Gasteiger partial charge in [-0.05, 0) is 6.92 Å². The average molecular weight is 328 g/mol. The molecule has 1 aliphatic heterocycles. The number of aryl methyl sites for hydroxylation is 1. The minimum absolute atomic E-state index is 0. The summed E-state index contributed by atoms with van der Waals surface area (Å²) in [6.45, 7) is 4.17. The number of aromatic nitrogens is 3. The summed E-state index contributed by atoms with van der Waals surface area (Å²) in [4.78, 5) is 19.5. The third-order valence-electron chi connectivity index (χ3n) is 3.58. The molecule has 0 saturated heterocycles. The van der Waals surface area contributed by atoms with Crippen LogP contribution in [0.1, 0.15) is 32.3 Å². The van der Waals surface area contributed by atoms with Crippen molar-refractivity contribution in [3.05, 3.63) is 33.0 Å².